The van der Waals surface area contributed by atoms with Gasteiger partial charge in [0.25, 0.3) is 0 Å². The molecular formula is C13H15BrN4. The van der Waals surface area contributed by atoms with Gasteiger partial charge in [0, 0.05) is 31.4 Å². The first-order chi connectivity index (χ1) is 8.78. The molecule has 0 amide bonds. The number of anilines is 1. The van der Waals surface area contributed by atoms with Crippen molar-refractivity contribution in [2.24, 2.45) is 0 Å². The Labute approximate surface area is 115 Å². The molecule has 2 rings (SSSR count). The lowest BCUT2D eigenvalue weighted by Crippen LogP contribution is -2.05. The van der Waals surface area contributed by atoms with Gasteiger partial charge in [0.15, 0.2) is 0 Å². The van der Waals surface area contributed by atoms with Gasteiger partial charge in [-0.25, -0.2) is 9.97 Å². The molecule has 0 fully saturated rings. The summed E-state index contributed by atoms with van der Waals surface area (Å²) in [5.74, 6) is 1.70. The molecule has 5 heteroatoms. The van der Waals surface area contributed by atoms with E-state index < -0.39 is 0 Å². The van der Waals surface area contributed by atoms with Crippen molar-refractivity contribution in [3.63, 3.8) is 0 Å². The van der Waals surface area contributed by atoms with Crippen LogP contribution in [0, 0.1) is 0 Å². The van der Waals surface area contributed by atoms with E-state index in [0.29, 0.717) is 6.54 Å². The summed E-state index contributed by atoms with van der Waals surface area (Å²) in [4.78, 5) is 12.9. The van der Waals surface area contributed by atoms with Crippen molar-refractivity contribution in [3.8, 4) is 0 Å². The molecule has 0 aliphatic carbocycles. The molecule has 0 radical (unpaired) electrons. The minimum Gasteiger partial charge on any atom is -0.366 e. The monoisotopic (exact) mass is 306 g/mol. The summed E-state index contributed by atoms with van der Waals surface area (Å²) >= 11 is 3.41. The lowest BCUT2D eigenvalue weighted by Gasteiger charge is -2.07. The average molecular weight is 307 g/mol. The summed E-state index contributed by atoms with van der Waals surface area (Å²) in [6.07, 6.45) is 5.54. The number of halogens is 1. The summed E-state index contributed by atoms with van der Waals surface area (Å²) < 4.78 is 0.814. The van der Waals surface area contributed by atoms with Crippen molar-refractivity contribution in [1.82, 2.24) is 15.0 Å². The first-order valence-corrected chi connectivity index (χ1v) is 6.73. The number of nitrogens with one attached hydrogen (secondary N) is 1. The van der Waals surface area contributed by atoms with E-state index in [2.05, 4.69) is 43.1 Å². The van der Waals surface area contributed by atoms with Crippen LogP contribution in [0.3, 0.4) is 0 Å². The number of hydrogen-bond donors (Lipinski definition) is 1. The molecule has 0 saturated heterocycles. The molecule has 4 nitrogen and oxygen atoms in total. The topological polar surface area (TPSA) is 50.7 Å². The smallest absolute Gasteiger partial charge is 0.132 e. The summed E-state index contributed by atoms with van der Waals surface area (Å²) in [7, 11) is 0. The molecule has 0 aromatic carbocycles. The Kier molecular flexibility index (Phi) is 4.64. The van der Waals surface area contributed by atoms with Gasteiger partial charge in [0.05, 0.1) is 0 Å². The van der Waals surface area contributed by atoms with Crippen molar-refractivity contribution in [2.45, 2.75) is 26.3 Å². The molecule has 2 aromatic heterocycles. The van der Waals surface area contributed by atoms with Gasteiger partial charge in [-0.2, -0.15) is 0 Å². The maximum Gasteiger partial charge on any atom is 0.132 e. The van der Waals surface area contributed by atoms with Crippen LogP contribution in [0.15, 0.2) is 35.2 Å². The molecule has 0 unspecified atom stereocenters. The summed E-state index contributed by atoms with van der Waals surface area (Å²) in [5.41, 5.74) is 1.13. The van der Waals surface area contributed by atoms with Gasteiger partial charge < -0.3 is 5.32 Å². The minimum atomic E-state index is 0.711. The van der Waals surface area contributed by atoms with Crippen LogP contribution in [0.4, 0.5) is 5.82 Å². The van der Waals surface area contributed by atoms with Crippen molar-refractivity contribution in [2.75, 3.05) is 5.32 Å². The molecule has 2 heterocycles. The quantitative estimate of drug-likeness (QED) is 0.862. The standard InChI is InChI=1S/C13H15BrN4/c1-2-4-12-17-11(14)7-13(18-12)16-9-10-5-3-6-15-8-10/h3,5-8H,2,4,9H2,1H3,(H,16,17,18). The second-order valence-corrected chi connectivity index (χ2v) is 4.77. The average Bonchev–Trinajstić information content (AvgIpc) is 2.37. The van der Waals surface area contributed by atoms with E-state index in [9.17, 15) is 0 Å². The summed E-state index contributed by atoms with van der Waals surface area (Å²) in [6.45, 7) is 2.83. The number of hydrogen-bond acceptors (Lipinski definition) is 4. The van der Waals surface area contributed by atoms with E-state index in [1.165, 1.54) is 0 Å². The van der Waals surface area contributed by atoms with Gasteiger partial charge in [-0.05, 0) is 34.0 Å². The summed E-state index contributed by atoms with van der Waals surface area (Å²) in [6, 6.07) is 5.84. The fourth-order valence-electron chi connectivity index (χ4n) is 1.59. The SMILES string of the molecule is CCCc1nc(Br)cc(NCc2cccnc2)n1. The van der Waals surface area contributed by atoms with E-state index in [4.69, 9.17) is 0 Å². The van der Waals surface area contributed by atoms with Gasteiger partial charge in [-0.3, -0.25) is 4.98 Å². The third kappa shape index (κ3) is 3.77. The van der Waals surface area contributed by atoms with E-state index in [1.807, 2.05) is 24.4 Å². The lowest BCUT2D eigenvalue weighted by atomic mass is 10.3. The first-order valence-electron chi connectivity index (χ1n) is 5.94. The second-order valence-electron chi connectivity index (χ2n) is 3.96. The zero-order chi connectivity index (χ0) is 12.8. The molecule has 1 N–H and O–H groups in total. The van der Waals surface area contributed by atoms with Crippen LogP contribution in [0.2, 0.25) is 0 Å². The van der Waals surface area contributed by atoms with E-state index in [-0.39, 0.29) is 0 Å². The van der Waals surface area contributed by atoms with Crippen LogP contribution in [-0.4, -0.2) is 15.0 Å². The van der Waals surface area contributed by atoms with Crippen LogP contribution in [0.5, 0.6) is 0 Å². The third-order valence-corrected chi connectivity index (χ3v) is 2.82. The molecule has 0 bridgehead atoms. The van der Waals surface area contributed by atoms with Crippen LogP contribution in [-0.2, 0) is 13.0 Å². The maximum atomic E-state index is 4.47. The van der Waals surface area contributed by atoms with Crippen LogP contribution in [0.25, 0.3) is 0 Å². The van der Waals surface area contributed by atoms with Crippen LogP contribution < -0.4 is 5.32 Å². The highest BCUT2D eigenvalue weighted by Gasteiger charge is 2.02. The Hall–Kier alpha value is -1.49. The van der Waals surface area contributed by atoms with Crippen LogP contribution in [0.1, 0.15) is 24.7 Å². The Balaban J connectivity index is 2.05. The normalized spacial score (nSPS) is 10.3. The summed E-state index contributed by atoms with van der Waals surface area (Å²) in [5, 5.41) is 3.28. The highest BCUT2D eigenvalue weighted by molar-refractivity contribution is 9.10. The number of aryl methyl sites for hydroxylation is 1. The molecule has 18 heavy (non-hydrogen) atoms. The molecular weight excluding hydrogens is 292 g/mol. The molecule has 0 aliphatic heterocycles. The van der Waals surface area contributed by atoms with Crippen LogP contribution >= 0.6 is 15.9 Å². The Morgan fingerprint density at radius 3 is 2.94 bits per heavy atom. The largest absolute Gasteiger partial charge is 0.366 e. The predicted octanol–water partition coefficient (Wildman–Crippen LogP) is 3.20. The molecule has 0 saturated carbocycles. The predicted molar refractivity (Wildman–Crippen MR) is 75.3 cm³/mol. The van der Waals surface area contributed by atoms with Gasteiger partial charge in [0.2, 0.25) is 0 Å². The molecule has 0 spiro atoms. The van der Waals surface area contributed by atoms with Gasteiger partial charge in [0.1, 0.15) is 16.2 Å². The Morgan fingerprint density at radius 2 is 2.22 bits per heavy atom. The van der Waals surface area contributed by atoms with Gasteiger partial charge in [-0.15, -0.1) is 0 Å². The fraction of sp³-hybridized carbons (Fsp3) is 0.308. The second kappa shape index (κ2) is 6.44. The zero-order valence-corrected chi connectivity index (χ0v) is 11.8. The maximum absolute atomic E-state index is 4.47. The van der Waals surface area contributed by atoms with Crippen molar-refractivity contribution in [3.05, 3.63) is 46.6 Å². The molecule has 94 valence electrons. The third-order valence-electron chi connectivity index (χ3n) is 2.41. The lowest BCUT2D eigenvalue weighted by molar-refractivity contribution is 0.828. The first kappa shape index (κ1) is 13.0. The fourth-order valence-corrected chi connectivity index (χ4v) is 2.01. The van der Waals surface area contributed by atoms with Crippen molar-refractivity contribution < 1.29 is 0 Å². The van der Waals surface area contributed by atoms with E-state index in [1.54, 1.807) is 6.20 Å². The zero-order valence-electron chi connectivity index (χ0n) is 10.2. The Bertz CT molecular complexity index is 502. The van der Waals surface area contributed by atoms with Gasteiger partial charge >= 0.3 is 0 Å². The molecule has 2 aromatic rings. The molecule has 0 atom stereocenters. The highest BCUT2D eigenvalue weighted by Crippen LogP contribution is 2.14. The van der Waals surface area contributed by atoms with Gasteiger partial charge in [-0.1, -0.05) is 13.0 Å². The Morgan fingerprint density at radius 1 is 1.33 bits per heavy atom. The van der Waals surface area contributed by atoms with E-state index in [0.717, 1.165) is 34.7 Å². The number of aromatic nitrogens is 3. The van der Waals surface area contributed by atoms with E-state index >= 15 is 0 Å². The minimum absolute atomic E-state index is 0.711. The number of rotatable bonds is 5. The molecule has 0 aliphatic rings. The van der Waals surface area contributed by atoms with Crippen molar-refractivity contribution >= 4 is 21.7 Å². The number of nitrogens with zero attached hydrogens (tertiary/aromatic N) is 3. The van der Waals surface area contributed by atoms with Crippen molar-refractivity contribution in [1.29, 1.82) is 0 Å². The highest BCUT2D eigenvalue weighted by atomic mass is 79.9. The number of pyridine rings is 1.